The lowest BCUT2D eigenvalue weighted by Crippen LogP contribution is -2.49. The highest BCUT2D eigenvalue weighted by Gasteiger charge is 2.19. The number of nitrogens with zero attached hydrogens (tertiary/aromatic N) is 4. The second kappa shape index (κ2) is 20.9. The molecule has 4 rings (SSSR count). The van der Waals surface area contributed by atoms with Crippen molar-refractivity contribution < 1.29 is 19.1 Å². The molecule has 0 saturated carbocycles. The van der Waals surface area contributed by atoms with E-state index in [9.17, 15) is 9.59 Å². The lowest BCUT2D eigenvalue weighted by molar-refractivity contribution is -0.123. The van der Waals surface area contributed by atoms with E-state index < -0.39 is 0 Å². The summed E-state index contributed by atoms with van der Waals surface area (Å²) in [6.45, 7) is 15.3. The van der Waals surface area contributed by atoms with E-state index in [4.69, 9.17) is 9.47 Å². The molecule has 2 N–H and O–H groups in total. The third-order valence-electron chi connectivity index (χ3n) is 9.15. The molecule has 47 heavy (non-hydrogen) atoms. The van der Waals surface area contributed by atoms with Crippen LogP contribution in [0, 0.1) is 6.92 Å². The van der Waals surface area contributed by atoms with Crippen LogP contribution in [0.25, 0.3) is 0 Å². The summed E-state index contributed by atoms with van der Waals surface area (Å²) >= 11 is 0. The highest BCUT2D eigenvalue weighted by atomic mass is 16.5. The van der Waals surface area contributed by atoms with Crippen molar-refractivity contribution in [3.05, 3.63) is 59.7 Å². The van der Waals surface area contributed by atoms with Gasteiger partial charge in [0.1, 0.15) is 11.5 Å². The molecule has 2 amide bonds. The number of aryl methyl sites for hydroxylation is 1. The van der Waals surface area contributed by atoms with Crippen LogP contribution in [0.1, 0.15) is 43.2 Å². The fourth-order valence-electron chi connectivity index (χ4n) is 6.05. The van der Waals surface area contributed by atoms with E-state index >= 15 is 0 Å². The quantitative estimate of drug-likeness (QED) is 0.212. The van der Waals surface area contributed by atoms with Gasteiger partial charge in [0.05, 0.1) is 26.3 Å². The maximum absolute atomic E-state index is 12.5. The largest absolute Gasteiger partial charge is 0.494 e. The number of piperazine rings is 2. The zero-order valence-electron chi connectivity index (χ0n) is 28.9. The second-order valence-electron chi connectivity index (χ2n) is 12.9. The van der Waals surface area contributed by atoms with Crippen molar-refractivity contribution in [3.63, 3.8) is 0 Å². The summed E-state index contributed by atoms with van der Waals surface area (Å²) in [7, 11) is 1.69. The zero-order chi connectivity index (χ0) is 33.1. The fourth-order valence-corrected chi connectivity index (χ4v) is 6.05. The van der Waals surface area contributed by atoms with Crippen LogP contribution >= 0.6 is 0 Å². The van der Waals surface area contributed by atoms with E-state index in [1.165, 1.54) is 17.5 Å². The lowest BCUT2D eigenvalue weighted by Gasteiger charge is -2.34. The SMILES string of the molecule is CNC(=O)CN1CCN(CCCCCOc2ccc(CCNC(=O)CN3CCN(CCCCOc4ccc(C)cc4)CC3)cc2)CC1. The molecule has 10 nitrogen and oxygen atoms in total. The van der Waals surface area contributed by atoms with E-state index in [1.54, 1.807) is 7.05 Å². The number of rotatable bonds is 20. The van der Waals surface area contributed by atoms with Crippen LogP contribution in [0.5, 0.6) is 11.5 Å². The van der Waals surface area contributed by atoms with Gasteiger partial charge in [0, 0.05) is 66.0 Å². The number of likely N-dealkylation sites (N-methyl/N-ethyl adjacent to an activating group) is 1. The Morgan fingerprint density at radius 3 is 1.64 bits per heavy atom. The van der Waals surface area contributed by atoms with Crippen LogP contribution in [0.2, 0.25) is 0 Å². The lowest BCUT2D eigenvalue weighted by atomic mass is 10.1. The first-order chi connectivity index (χ1) is 23.0. The highest BCUT2D eigenvalue weighted by molar-refractivity contribution is 5.78. The van der Waals surface area contributed by atoms with E-state index in [1.807, 2.05) is 24.3 Å². The third-order valence-corrected chi connectivity index (χ3v) is 9.15. The summed E-state index contributed by atoms with van der Waals surface area (Å²) in [5.74, 6) is 2.05. The van der Waals surface area contributed by atoms with Crippen molar-refractivity contribution in [2.75, 3.05) is 105 Å². The average molecular weight is 651 g/mol. The molecular weight excluding hydrogens is 592 g/mol. The number of ether oxygens (including phenoxy) is 2. The molecule has 0 atom stereocenters. The molecule has 0 unspecified atom stereocenters. The van der Waals surface area contributed by atoms with Gasteiger partial charge in [-0.3, -0.25) is 19.4 Å². The summed E-state index contributed by atoms with van der Waals surface area (Å²) in [5.41, 5.74) is 2.45. The van der Waals surface area contributed by atoms with Crippen LogP contribution in [0.3, 0.4) is 0 Å². The van der Waals surface area contributed by atoms with Gasteiger partial charge in [-0.25, -0.2) is 0 Å². The average Bonchev–Trinajstić information content (AvgIpc) is 3.09. The van der Waals surface area contributed by atoms with Crippen LogP contribution in [-0.4, -0.2) is 137 Å². The number of carbonyl (C=O) groups excluding carboxylic acids is 2. The van der Waals surface area contributed by atoms with Gasteiger partial charge < -0.3 is 29.9 Å². The minimum Gasteiger partial charge on any atom is -0.494 e. The van der Waals surface area contributed by atoms with Crippen LogP contribution in [-0.2, 0) is 16.0 Å². The molecule has 0 radical (unpaired) electrons. The number of nitrogens with one attached hydrogen (secondary N) is 2. The zero-order valence-corrected chi connectivity index (χ0v) is 28.9. The molecule has 0 spiro atoms. The Balaban J connectivity index is 0.955. The van der Waals surface area contributed by atoms with E-state index in [0.29, 0.717) is 19.6 Å². The first-order valence-electron chi connectivity index (χ1n) is 17.7. The number of amides is 2. The predicted octanol–water partition coefficient (Wildman–Crippen LogP) is 3.04. The molecule has 2 heterocycles. The molecule has 2 aliphatic heterocycles. The summed E-state index contributed by atoms with van der Waals surface area (Å²) in [6.07, 6.45) is 6.36. The Kier molecular flexibility index (Phi) is 16.3. The topological polar surface area (TPSA) is 89.6 Å². The predicted molar refractivity (Wildman–Crippen MR) is 188 cm³/mol. The van der Waals surface area contributed by atoms with E-state index in [0.717, 1.165) is 122 Å². The standard InChI is InChI=1S/C37H58N6O4/c1-32-8-12-34(13-9-32)47-29-7-5-19-41-22-26-43(27-23-41)31-37(45)39-17-16-33-10-14-35(15-11-33)46-28-6-3-4-18-40-20-24-42(25-21-40)30-36(44)38-2/h8-15H,3-7,16-31H2,1-2H3,(H,38,44)(H,39,45). The highest BCUT2D eigenvalue weighted by Crippen LogP contribution is 2.14. The summed E-state index contributed by atoms with van der Waals surface area (Å²) in [5, 5.41) is 5.80. The van der Waals surface area contributed by atoms with Gasteiger partial charge in [0.2, 0.25) is 11.8 Å². The molecular formula is C37H58N6O4. The molecule has 2 aliphatic rings. The molecule has 2 aromatic carbocycles. The van der Waals surface area contributed by atoms with Crippen LogP contribution < -0.4 is 20.1 Å². The maximum atomic E-state index is 12.5. The number of hydrogen-bond donors (Lipinski definition) is 2. The van der Waals surface area contributed by atoms with Gasteiger partial charge >= 0.3 is 0 Å². The van der Waals surface area contributed by atoms with Gasteiger partial charge in [-0.05, 0) is 88.4 Å². The minimum absolute atomic E-state index is 0.0939. The normalized spacial score (nSPS) is 16.6. The van der Waals surface area contributed by atoms with Crippen LogP contribution in [0.15, 0.2) is 48.5 Å². The molecule has 2 aromatic rings. The molecule has 2 fully saturated rings. The van der Waals surface area contributed by atoms with Gasteiger partial charge in [0.15, 0.2) is 0 Å². The Hall–Kier alpha value is -3.18. The van der Waals surface area contributed by atoms with E-state index in [-0.39, 0.29) is 11.8 Å². The fraction of sp³-hybridized carbons (Fsp3) is 0.622. The number of carbonyl (C=O) groups is 2. The minimum atomic E-state index is 0.0939. The maximum Gasteiger partial charge on any atom is 0.234 e. The Bertz CT molecular complexity index is 1160. The Labute approximate surface area is 282 Å². The van der Waals surface area contributed by atoms with Gasteiger partial charge in [0.25, 0.3) is 0 Å². The molecule has 260 valence electrons. The van der Waals surface area contributed by atoms with E-state index in [2.05, 4.69) is 61.4 Å². The Morgan fingerprint density at radius 2 is 1.09 bits per heavy atom. The molecule has 0 bridgehead atoms. The van der Waals surface area contributed by atoms with Crippen molar-refractivity contribution in [1.29, 1.82) is 0 Å². The van der Waals surface area contributed by atoms with Crippen molar-refractivity contribution in [3.8, 4) is 11.5 Å². The molecule has 0 aromatic heterocycles. The van der Waals surface area contributed by atoms with Crippen molar-refractivity contribution in [2.24, 2.45) is 0 Å². The number of hydrogen-bond acceptors (Lipinski definition) is 8. The van der Waals surface area contributed by atoms with Gasteiger partial charge in [-0.15, -0.1) is 0 Å². The monoisotopic (exact) mass is 650 g/mol. The molecule has 0 aliphatic carbocycles. The summed E-state index contributed by atoms with van der Waals surface area (Å²) < 4.78 is 11.8. The van der Waals surface area contributed by atoms with Crippen molar-refractivity contribution >= 4 is 11.8 Å². The molecule has 2 saturated heterocycles. The van der Waals surface area contributed by atoms with Gasteiger partial charge in [-0.2, -0.15) is 0 Å². The number of unbranched alkanes of at least 4 members (excludes halogenated alkanes) is 3. The second-order valence-corrected chi connectivity index (χ2v) is 12.9. The first-order valence-corrected chi connectivity index (χ1v) is 17.7. The van der Waals surface area contributed by atoms with Crippen LogP contribution in [0.4, 0.5) is 0 Å². The summed E-state index contributed by atoms with van der Waals surface area (Å²) in [4.78, 5) is 33.6. The smallest absolute Gasteiger partial charge is 0.234 e. The molecule has 10 heteroatoms. The van der Waals surface area contributed by atoms with Gasteiger partial charge in [-0.1, -0.05) is 29.8 Å². The van der Waals surface area contributed by atoms with Crippen molar-refractivity contribution in [2.45, 2.75) is 45.4 Å². The number of benzene rings is 2. The third kappa shape index (κ3) is 14.6. The summed E-state index contributed by atoms with van der Waals surface area (Å²) in [6, 6.07) is 16.5. The van der Waals surface area contributed by atoms with Crippen molar-refractivity contribution in [1.82, 2.24) is 30.2 Å². The first kappa shape index (κ1) is 36.7. The Morgan fingerprint density at radius 1 is 0.617 bits per heavy atom.